The zero-order valence-corrected chi connectivity index (χ0v) is 13.2. The molecule has 22 heavy (non-hydrogen) atoms. The average Bonchev–Trinajstić information content (AvgIpc) is 2.43. The number of carbonyl (C=O) groups is 2. The molecule has 3 N–H and O–H groups in total. The topological polar surface area (TPSA) is 96.9 Å². The van der Waals surface area contributed by atoms with Crippen molar-refractivity contribution in [2.45, 2.75) is 32.8 Å². The fourth-order valence-corrected chi connectivity index (χ4v) is 1.55. The largest absolute Gasteiger partial charge is 0.459 e. The van der Waals surface area contributed by atoms with E-state index in [0.29, 0.717) is 11.3 Å². The van der Waals surface area contributed by atoms with Gasteiger partial charge in [0.2, 0.25) is 6.41 Å². The van der Waals surface area contributed by atoms with Crippen molar-refractivity contribution in [2.24, 2.45) is 0 Å². The summed E-state index contributed by atoms with van der Waals surface area (Å²) < 4.78 is 9.74. The number of hydrogen-bond donors (Lipinski definition) is 3. The van der Waals surface area contributed by atoms with E-state index in [1.165, 1.54) is 7.11 Å². The molecular formula is C15H22N2O5. The Morgan fingerprint density at radius 2 is 1.82 bits per heavy atom. The van der Waals surface area contributed by atoms with Crippen molar-refractivity contribution in [2.75, 3.05) is 19.0 Å². The van der Waals surface area contributed by atoms with Crippen LogP contribution < -0.4 is 10.6 Å². The normalized spacial score (nSPS) is 12.4. The molecule has 7 heteroatoms. The molecular weight excluding hydrogens is 288 g/mol. The Hall–Kier alpha value is -2.12. The number of esters is 1. The van der Waals surface area contributed by atoms with E-state index in [-0.39, 0.29) is 12.5 Å². The maximum atomic E-state index is 11.9. The number of aliphatic hydroxyl groups is 1. The number of carbonyl (C=O) groups excluding carboxylic acids is 2. The first-order valence-corrected chi connectivity index (χ1v) is 6.79. The lowest BCUT2D eigenvalue weighted by atomic mass is 10.2. The number of hydrogen-bond acceptors (Lipinski definition) is 6. The minimum atomic E-state index is -1.12. The summed E-state index contributed by atoms with van der Waals surface area (Å²) in [6.45, 7) is 5.07. The predicted molar refractivity (Wildman–Crippen MR) is 81.3 cm³/mol. The highest BCUT2D eigenvalue weighted by atomic mass is 16.6. The summed E-state index contributed by atoms with van der Waals surface area (Å²) >= 11 is 0. The summed E-state index contributed by atoms with van der Waals surface area (Å²) in [7, 11) is 1.36. The number of amides is 1. The van der Waals surface area contributed by atoms with Gasteiger partial charge in [-0.15, -0.1) is 0 Å². The molecule has 1 unspecified atom stereocenters. The monoisotopic (exact) mass is 310 g/mol. The van der Waals surface area contributed by atoms with Gasteiger partial charge in [0.25, 0.3) is 5.91 Å². The molecule has 0 aliphatic carbocycles. The summed E-state index contributed by atoms with van der Waals surface area (Å²) in [5.41, 5.74) is 0.399. The minimum absolute atomic E-state index is 0.196. The first-order chi connectivity index (χ1) is 10.2. The summed E-state index contributed by atoms with van der Waals surface area (Å²) in [6.07, 6.45) is -1.12. The Bertz CT molecular complexity index is 508. The molecule has 0 bridgehead atoms. The number of ether oxygens (including phenoxy) is 2. The zero-order chi connectivity index (χ0) is 16.8. The fraction of sp³-hybridized carbons (Fsp3) is 0.467. The van der Waals surface area contributed by atoms with Crippen LogP contribution in [0.5, 0.6) is 0 Å². The molecule has 0 radical (unpaired) electrons. The Morgan fingerprint density at radius 1 is 1.23 bits per heavy atom. The molecule has 7 nitrogen and oxygen atoms in total. The number of anilines is 1. The number of rotatable bonds is 6. The predicted octanol–water partition coefficient (Wildman–Crippen LogP) is 1.09. The van der Waals surface area contributed by atoms with Crippen molar-refractivity contribution in [3.63, 3.8) is 0 Å². The average molecular weight is 310 g/mol. The van der Waals surface area contributed by atoms with E-state index in [1.807, 2.05) is 0 Å². The Balaban J connectivity index is 2.51. The van der Waals surface area contributed by atoms with E-state index >= 15 is 0 Å². The van der Waals surface area contributed by atoms with Gasteiger partial charge in [-0.05, 0) is 45.0 Å². The third-order valence-corrected chi connectivity index (χ3v) is 2.47. The van der Waals surface area contributed by atoms with Crippen LogP contribution in [0.25, 0.3) is 0 Å². The second-order valence-electron chi connectivity index (χ2n) is 5.58. The van der Waals surface area contributed by atoms with Crippen molar-refractivity contribution < 1.29 is 24.2 Å². The first-order valence-electron chi connectivity index (χ1n) is 6.79. The van der Waals surface area contributed by atoms with Crippen LogP contribution >= 0.6 is 0 Å². The van der Waals surface area contributed by atoms with Crippen LogP contribution in [0.15, 0.2) is 24.3 Å². The van der Waals surface area contributed by atoms with Crippen molar-refractivity contribution in [1.29, 1.82) is 0 Å². The number of nitrogens with one attached hydrogen (secondary N) is 2. The van der Waals surface area contributed by atoms with Gasteiger partial charge in [0.1, 0.15) is 12.1 Å². The van der Waals surface area contributed by atoms with Gasteiger partial charge >= 0.3 is 5.97 Å². The maximum absolute atomic E-state index is 11.9. The Morgan fingerprint density at radius 3 is 2.32 bits per heavy atom. The van der Waals surface area contributed by atoms with Crippen molar-refractivity contribution in [1.82, 2.24) is 5.32 Å². The summed E-state index contributed by atoms with van der Waals surface area (Å²) in [5.74, 6) is -0.882. The fourth-order valence-electron chi connectivity index (χ4n) is 1.55. The van der Waals surface area contributed by atoms with Crippen LogP contribution in [0.3, 0.4) is 0 Å². The lowest BCUT2D eigenvalue weighted by Crippen LogP contribution is -2.34. The molecule has 0 aromatic heterocycles. The van der Waals surface area contributed by atoms with E-state index in [1.54, 1.807) is 45.0 Å². The van der Waals surface area contributed by atoms with Gasteiger partial charge in [0.15, 0.2) is 0 Å². The first kappa shape index (κ1) is 17.9. The molecule has 1 atom stereocenters. The lowest BCUT2D eigenvalue weighted by Gasteiger charge is -2.19. The van der Waals surface area contributed by atoms with Crippen LogP contribution in [0, 0.1) is 0 Å². The van der Waals surface area contributed by atoms with Gasteiger partial charge in [-0.25, -0.2) is 0 Å². The molecule has 0 aliphatic rings. The number of benzene rings is 1. The third-order valence-electron chi connectivity index (χ3n) is 2.47. The smallest absolute Gasteiger partial charge is 0.325 e. The van der Waals surface area contributed by atoms with Crippen molar-refractivity contribution in [3.8, 4) is 0 Å². The quantitative estimate of drug-likeness (QED) is 0.537. The van der Waals surface area contributed by atoms with Crippen LogP contribution in [-0.2, 0) is 14.3 Å². The molecule has 0 fully saturated rings. The van der Waals surface area contributed by atoms with Gasteiger partial charge in [-0.2, -0.15) is 0 Å². The van der Waals surface area contributed by atoms with Gasteiger partial charge in [0.05, 0.1) is 0 Å². The van der Waals surface area contributed by atoms with Crippen LogP contribution in [-0.4, -0.2) is 42.7 Å². The molecule has 1 aromatic rings. The lowest BCUT2D eigenvalue weighted by molar-refractivity contribution is -0.153. The van der Waals surface area contributed by atoms with Crippen LogP contribution in [0.1, 0.15) is 31.1 Å². The van der Waals surface area contributed by atoms with E-state index in [4.69, 9.17) is 4.74 Å². The zero-order valence-electron chi connectivity index (χ0n) is 13.2. The Labute approximate surface area is 129 Å². The summed E-state index contributed by atoms with van der Waals surface area (Å²) in [5, 5.41) is 14.4. The van der Waals surface area contributed by atoms with Gasteiger partial charge < -0.3 is 25.2 Å². The van der Waals surface area contributed by atoms with E-state index in [0.717, 1.165) is 0 Å². The standard InChI is InChI=1S/C15H22N2O5/c1-15(2,3)22-12(18)9-16-13(19)10-5-7-11(8-6-10)17-14(20)21-4/h5-8,14,17,20H,9H2,1-4H3,(H,16,19). The SMILES string of the molecule is COC(O)Nc1ccc(C(=O)NCC(=O)OC(C)(C)C)cc1. The third kappa shape index (κ3) is 6.55. The molecule has 1 amide bonds. The summed E-state index contributed by atoms with van der Waals surface area (Å²) in [4.78, 5) is 23.4. The van der Waals surface area contributed by atoms with E-state index < -0.39 is 18.0 Å². The van der Waals surface area contributed by atoms with Crippen molar-refractivity contribution >= 4 is 17.6 Å². The molecule has 0 aliphatic heterocycles. The second-order valence-corrected chi connectivity index (χ2v) is 5.58. The molecule has 122 valence electrons. The molecule has 0 saturated heterocycles. The number of aliphatic hydroxyl groups excluding tert-OH is 1. The summed E-state index contributed by atoms with van der Waals surface area (Å²) in [6, 6.07) is 6.36. The van der Waals surface area contributed by atoms with Gasteiger partial charge in [-0.3, -0.25) is 9.59 Å². The van der Waals surface area contributed by atoms with E-state index in [2.05, 4.69) is 15.4 Å². The molecule has 0 saturated carbocycles. The van der Waals surface area contributed by atoms with E-state index in [9.17, 15) is 14.7 Å². The van der Waals surface area contributed by atoms with Gasteiger partial charge in [-0.1, -0.05) is 0 Å². The molecule has 1 rings (SSSR count). The molecule has 0 heterocycles. The number of methoxy groups -OCH3 is 1. The highest BCUT2D eigenvalue weighted by Crippen LogP contribution is 2.11. The van der Waals surface area contributed by atoms with Crippen LogP contribution in [0.2, 0.25) is 0 Å². The Kier molecular flexibility index (Phi) is 6.33. The highest BCUT2D eigenvalue weighted by molar-refractivity contribution is 5.96. The maximum Gasteiger partial charge on any atom is 0.325 e. The van der Waals surface area contributed by atoms with Gasteiger partial charge in [0, 0.05) is 18.4 Å². The highest BCUT2D eigenvalue weighted by Gasteiger charge is 2.17. The molecule has 1 aromatic carbocycles. The minimum Gasteiger partial charge on any atom is -0.459 e. The molecule has 0 spiro atoms. The van der Waals surface area contributed by atoms with Crippen LogP contribution in [0.4, 0.5) is 5.69 Å². The van der Waals surface area contributed by atoms with Crippen molar-refractivity contribution in [3.05, 3.63) is 29.8 Å². The second kappa shape index (κ2) is 7.77.